The van der Waals surface area contributed by atoms with Crippen LogP contribution < -0.4 is 10.1 Å². The summed E-state index contributed by atoms with van der Waals surface area (Å²) in [4.78, 5) is 23.8. The van der Waals surface area contributed by atoms with E-state index in [2.05, 4.69) is 5.32 Å². The second-order valence-electron chi connectivity index (χ2n) is 6.14. The Balaban J connectivity index is 1.78. The topological polar surface area (TPSA) is 75.6 Å². The van der Waals surface area contributed by atoms with Crippen LogP contribution in [0.5, 0.6) is 5.75 Å². The van der Waals surface area contributed by atoms with Gasteiger partial charge in [-0.3, -0.25) is 4.79 Å². The van der Waals surface area contributed by atoms with Crippen molar-refractivity contribution in [2.75, 3.05) is 6.61 Å². The number of benzene rings is 2. The second kappa shape index (κ2) is 7.30. The molecule has 1 atom stereocenters. The number of hydrogen-bond donors (Lipinski definition) is 2. The van der Waals surface area contributed by atoms with Crippen LogP contribution in [0.3, 0.4) is 0 Å². The summed E-state index contributed by atoms with van der Waals surface area (Å²) in [5, 5.41) is 11.8. The highest BCUT2D eigenvalue weighted by atomic mass is 19.4. The number of carbonyl (C=O) groups is 2. The lowest BCUT2D eigenvalue weighted by atomic mass is 10.0. The molecule has 2 N–H and O–H groups in total. The van der Waals surface area contributed by atoms with Crippen LogP contribution in [0.1, 0.15) is 28.3 Å². The fraction of sp³-hybridized carbons (Fsp3) is 0.263. The van der Waals surface area contributed by atoms with Crippen molar-refractivity contribution in [2.24, 2.45) is 0 Å². The van der Waals surface area contributed by atoms with Crippen molar-refractivity contribution < 1.29 is 32.6 Å². The first kappa shape index (κ1) is 18.8. The molecule has 1 aliphatic rings. The van der Waals surface area contributed by atoms with Gasteiger partial charge in [-0.05, 0) is 34.9 Å². The fourth-order valence-corrected chi connectivity index (χ4v) is 3.01. The Morgan fingerprint density at radius 3 is 2.63 bits per heavy atom. The number of hydrogen-bond acceptors (Lipinski definition) is 3. The Labute approximate surface area is 152 Å². The maximum Gasteiger partial charge on any atom is 0.416 e. The normalized spacial score (nSPS) is 14.2. The van der Waals surface area contributed by atoms with Gasteiger partial charge in [0.15, 0.2) is 6.04 Å². The van der Waals surface area contributed by atoms with Gasteiger partial charge in [0.2, 0.25) is 5.91 Å². The third-order valence-electron chi connectivity index (χ3n) is 4.27. The maximum atomic E-state index is 13.0. The third-order valence-corrected chi connectivity index (χ3v) is 4.27. The number of fused-ring (bicyclic) bond motifs is 1. The highest BCUT2D eigenvalue weighted by Crippen LogP contribution is 2.32. The third kappa shape index (κ3) is 4.21. The predicted molar refractivity (Wildman–Crippen MR) is 89.3 cm³/mol. The number of amides is 1. The molecule has 0 radical (unpaired) electrons. The molecule has 5 nitrogen and oxygen atoms in total. The number of carboxylic acids is 1. The Bertz CT molecular complexity index is 879. The molecule has 2 aromatic rings. The molecule has 1 unspecified atom stereocenters. The largest absolute Gasteiger partial charge is 0.493 e. The minimum Gasteiger partial charge on any atom is -0.493 e. The van der Waals surface area contributed by atoms with Crippen LogP contribution in [0, 0.1) is 0 Å². The molecule has 2 aromatic carbocycles. The minimum absolute atomic E-state index is 0.214. The van der Waals surface area contributed by atoms with Gasteiger partial charge in [-0.2, -0.15) is 13.2 Å². The Morgan fingerprint density at radius 1 is 1.19 bits per heavy atom. The summed E-state index contributed by atoms with van der Waals surface area (Å²) in [5.41, 5.74) is 0.0373. The number of nitrogens with one attached hydrogen (secondary N) is 1. The molecule has 0 saturated heterocycles. The van der Waals surface area contributed by atoms with Crippen LogP contribution in [0.2, 0.25) is 0 Å². The molecule has 0 fully saturated rings. The van der Waals surface area contributed by atoms with Gasteiger partial charge in [-0.1, -0.05) is 24.3 Å². The quantitative estimate of drug-likeness (QED) is 0.837. The van der Waals surface area contributed by atoms with Crippen LogP contribution in [0.4, 0.5) is 13.2 Å². The summed E-state index contributed by atoms with van der Waals surface area (Å²) in [6.07, 6.45) is -4.54. The van der Waals surface area contributed by atoms with E-state index < -0.39 is 36.1 Å². The van der Waals surface area contributed by atoms with Gasteiger partial charge < -0.3 is 15.2 Å². The fourth-order valence-electron chi connectivity index (χ4n) is 3.01. The van der Waals surface area contributed by atoms with Crippen LogP contribution >= 0.6 is 0 Å². The van der Waals surface area contributed by atoms with E-state index in [-0.39, 0.29) is 5.56 Å². The van der Waals surface area contributed by atoms with E-state index in [1.54, 1.807) is 12.1 Å². The van der Waals surface area contributed by atoms with E-state index in [9.17, 15) is 27.9 Å². The highest BCUT2D eigenvalue weighted by molar-refractivity contribution is 5.86. The Hall–Kier alpha value is -3.03. The molecular formula is C19H16F3NO4. The molecule has 0 aromatic heterocycles. The Morgan fingerprint density at radius 2 is 1.93 bits per heavy atom. The van der Waals surface area contributed by atoms with E-state index in [1.807, 2.05) is 0 Å². The monoisotopic (exact) mass is 379 g/mol. The number of ether oxygens (including phenoxy) is 1. The first-order chi connectivity index (χ1) is 12.8. The molecular weight excluding hydrogens is 363 g/mol. The number of carboxylic acid groups (broad SMARTS) is 1. The molecule has 8 heteroatoms. The smallest absolute Gasteiger partial charge is 0.416 e. The van der Waals surface area contributed by atoms with E-state index >= 15 is 0 Å². The van der Waals surface area contributed by atoms with Gasteiger partial charge in [-0.25, -0.2) is 4.79 Å². The van der Waals surface area contributed by atoms with Crippen molar-refractivity contribution in [1.29, 1.82) is 0 Å². The molecule has 1 amide bonds. The summed E-state index contributed by atoms with van der Waals surface area (Å²) >= 11 is 0. The number of carbonyl (C=O) groups excluding carboxylic acids is 1. The predicted octanol–water partition coefficient (Wildman–Crippen LogP) is 3.12. The van der Waals surface area contributed by atoms with Crippen LogP contribution in [-0.4, -0.2) is 23.6 Å². The second-order valence-corrected chi connectivity index (χ2v) is 6.14. The van der Waals surface area contributed by atoms with Crippen molar-refractivity contribution in [3.63, 3.8) is 0 Å². The van der Waals surface area contributed by atoms with Gasteiger partial charge in [0, 0.05) is 6.42 Å². The van der Waals surface area contributed by atoms with Crippen molar-refractivity contribution in [2.45, 2.75) is 25.1 Å². The lowest BCUT2D eigenvalue weighted by Crippen LogP contribution is -2.35. The average Bonchev–Trinajstić information content (AvgIpc) is 3.06. The molecule has 1 heterocycles. The zero-order valence-electron chi connectivity index (χ0n) is 14.0. The molecule has 3 rings (SSSR count). The summed E-state index contributed by atoms with van der Waals surface area (Å²) in [6, 6.07) is 8.13. The summed E-state index contributed by atoms with van der Waals surface area (Å²) in [7, 11) is 0. The van der Waals surface area contributed by atoms with Crippen molar-refractivity contribution in [1.82, 2.24) is 5.32 Å². The molecule has 0 saturated carbocycles. The van der Waals surface area contributed by atoms with Crippen molar-refractivity contribution in [3.8, 4) is 5.75 Å². The van der Waals surface area contributed by atoms with Crippen LogP contribution in [0.15, 0.2) is 42.5 Å². The molecule has 0 spiro atoms. The van der Waals surface area contributed by atoms with Gasteiger partial charge in [0.05, 0.1) is 18.6 Å². The zero-order valence-corrected chi connectivity index (χ0v) is 14.0. The van der Waals surface area contributed by atoms with Gasteiger partial charge >= 0.3 is 12.1 Å². The lowest BCUT2D eigenvalue weighted by Gasteiger charge is -2.17. The van der Waals surface area contributed by atoms with E-state index in [4.69, 9.17) is 4.74 Å². The first-order valence-corrected chi connectivity index (χ1v) is 8.18. The van der Waals surface area contributed by atoms with E-state index in [1.165, 1.54) is 24.3 Å². The minimum atomic E-state index is -4.59. The number of aliphatic carboxylic acids is 1. The van der Waals surface area contributed by atoms with Gasteiger partial charge in [-0.15, -0.1) is 0 Å². The number of halogens is 3. The molecule has 0 bridgehead atoms. The van der Waals surface area contributed by atoms with Crippen LogP contribution in [-0.2, 0) is 28.6 Å². The SMILES string of the molecule is O=C(Cc1ccccc1C(F)(F)F)NC(C(=O)O)c1ccc2c(c1)CCO2. The zero-order chi connectivity index (χ0) is 19.6. The van der Waals surface area contributed by atoms with Crippen molar-refractivity contribution >= 4 is 11.9 Å². The van der Waals surface area contributed by atoms with Crippen LogP contribution in [0.25, 0.3) is 0 Å². The standard InChI is InChI=1S/C19H16F3NO4/c20-19(21,22)14-4-2-1-3-11(14)10-16(24)23-17(18(25)26)13-5-6-15-12(9-13)7-8-27-15/h1-6,9,17H,7-8,10H2,(H,23,24)(H,25,26). The molecule has 27 heavy (non-hydrogen) atoms. The van der Waals surface area contributed by atoms with Gasteiger partial charge in [0.25, 0.3) is 0 Å². The van der Waals surface area contributed by atoms with E-state index in [0.29, 0.717) is 24.3 Å². The average molecular weight is 379 g/mol. The lowest BCUT2D eigenvalue weighted by molar-refractivity contribution is -0.142. The summed E-state index contributed by atoms with van der Waals surface area (Å²) in [5.74, 6) is -1.45. The first-order valence-electron chi connectivity index (χ1n) is 8.18. The molecule has 142 valence electrons. The summed E-state index contributed by atoms with van der Waals surface area (Å²) < 4.78 is 44.5. The molecule has 1 aliphatic heterocycles. The van der Waals surface area contributed by atoms with Crippen molar-refractivity contribution in [3.05, 3.63) is 64.7 Å². The highest BCUT2D eigenvalue weighted by Gasteiger charge is 2.33. The number of rotatable bonds is 5. The number of alkyl halides is 3. The van der Waals surface area contributed by atoms with E-state index in [0.717, 1.165) is 11.6 Å². The summed E-state index contributed by atoms with van der Waals surface area (Å²) in [6.45, 7) is 0.497. The van der Waals surface area contributed by atoms with Gasteiger partial charge in [0.1, 0.15) is 5.75 Å². The molecule has 0 aliphatic carbocycles. The Kier molecular flexibility index (Phi) is 5.07. The maximum absolute atomic E-state index is 13.0.